The Morgan fingerprint density at radius 2 is 1.52 bits per heavy atom. The summed E-state index contributed by atoms with van der Waals surface area (Å²) in [5.74, 6) is -9.01. The smallest absolute Gasteiger partial charge is 0.341 e. The molecule has 0 bridgehead atoms. The van der Waals surface area contributed by atoms with Crippen molar-refractivity contribution in [3.63, 3.8) is 0 Å². The van der Waals surface area contributed by atoms with Gasteiger partial charge in [-0.25, -0.2) is 26.7 Å². The summed E-state index contributed by atoms with van der Waals surface area (Å²) in [5.41, 5.74) is -1.77. The number of benzene rings is 2. The molecule has 2 aromatic carbocycles. The summed E-state index contributed by atoms with van der Waals surface area (Å²) < 4.78 is 70.8. The Morgan fingerprint density at radius 1 is 0.903 bits per heavy atom. The zero-order valence-corrected chi connectivity index (χ0v) is 17.3. The van der Waals surface area contributed by atoms with E-state index in [0.717, 1.165) is 44.6 Å². The van der Waals surface area contributed by atoms with Crippen molar-refractivity contribution in [1.82, 2.24) is 0 Å². The van der Waals surface area contributed by atoms with Gasteiger partial charge >= 0.3 is 5.97 Å². The zero-order chi connectivity index (χ0) is 22.7. The van der Waals surface area contributed by atoms with Gasteiger partial charge in [0, 0.05) is 5.56 Å². The SMILES string of the molecule is CCCCCC1CCC(c2cc(F)c(C(=O)O)c(F)c2-c2cc(F)c(F)c(F)c2)CC1. The first kappa shape index (κ1) is 23.2. The normalized spacial score (nSPS) is 18.9. The molecule has 0 saturated heterocycles. The molecule has 168 valence electrons. The van der Waals surface area contributed by atoms with E-state index in [9.17, 15) is 27.5 Å². The maximum absolute atomic E-state index is 15.2. The Bertz CT molecular complexity index is 942. The number of carbonyl (C=O) groups is 1. The van der Waals surface area contributed by atoms with Gasteiger partial charge in [-0.1, -0.05) is 32.6 Å². The first-order valence-electron chi connectivity index (χ1n) is 10.6. The molecule has 1 aliphatic rings. The first-order chi connectivity index (χ1) is 14.7. The molecule has 1 N–H and O–H groups in total. The number of carboxylic acids is 1. The van der Waals surface area contributed by atoms with Crippen LogP contribution in [0, 0.1) is 35.0 Å². The molecule has 0 spiro atoms. The molecule has 0 aliphatic heterocycles. The topological polar surface area (TPSA) is 37.3 Å². The molecule has 1 saturated carbocycles. The van der Waals surface area contributed by atoms with Crippen LogP contribution >= 0.6 is 0 Å². The minimum Gasteiger partial charge on any atom is -0.477 e. The van der Waals surface area contributed by atoms with E-state index in [2.05, 4.69) is 6.92 Å². The van der Waals surface area contributed by atoms with Crippen LogP contribution in [-0.4, -0.2) is 11.1 Å². The van der Waals surface area contributed by atoms with E-state index in [1.165, 1.54) is 0 Å². The Hall–Kier alpha value is -2.44. The van der Waals surface area contributed by atoms with Gasteiger partial charge in [-0.15, -0.1) is 0 Å². The number of carboxylic acid groups (broad SMARTS) is 1. The highest BCUT2D eigenvalue weighted by molar-refractivity contribution is 5.91. The van der Waals surface area contributed by atoms with Gasteiger partial charge in [0.2, 0.25) is 0 Å². The van der Waals surface area contributed by atoms with Crippen molar-refractivity contribution in [1.29, 1.82) is 0 Å². The summed E-state index contributed by atoms with van der Waals surface area (Å²) >= 11 is 0. The number of aromatic carboxylic acids is 1. The van der Waals surface area contributed by atoms with Gasteiger partial charge in [-0.2, -0.15) is 0 Å². The summed E-state index contributed by atoms with van der Waals surface area (Å²) in [4.78, 5) is 11.4. The summed E-state index contributed by atoms with van der Waals surface area (Å²) in [6, 6.07) is 2.17. The van der Waals surface area contributed by atoms with E-state index in [4.69, 9.17) is 0 Å². The van der Waals surface area contributed by atoms with E-state index in [1.54, 1.807) is 0 Å². The predicted octanol–water partition coefficient (Wildman–Crippen LogP) is 7.60. The van der Waals surface area contributed by atoms with E-state index in [-0.39, 0.29) is 22.6 Å². The fourth-order valence-electron chi connectivity index (χ4n) is 4.59. The molecule has 1 aliphatic carbocycles. The van der Waals surface area contributed by atoms with Crippen LogP contribution in [0.15, 0.2) is 18.2 Å². The standard InChI is InChI=1S/C24H25F5O2/c1-2-3-4-5-13-6-8-14(9-7-13)16-12-17(25)21(24(30)31)23(29)20(16)15-10-18(26)22(28)19(27)11-15/h10-14H,2-9H2,1H3,(H,30,31). The molecule has 7 heteroatoms. The second-order valence-electron chi connectivity index (χ2n) is 8.28. The highest BCUT2D eigenvalue weighted by Crippen LogP contribution is 2.43. The Morgan fingerprint density at radius 3 is 2.06 bits per heavy atom. The monoisotopic (exact) mass is 440 g/mol. The van der Waals surface area contributed by atoms with Crippen LogP contribution in [0.5, 0.6) is 0 Å². The van der Waals surface area contributed by atoms with Crippen molar-refractivity contribution in [2.24, 2.45) is 5.92 Å². The van der Waals surface area contributed by atoms with Crippen LogP contribution < -0.4 is 0 Å². The number of unbranched alkanes of at least 4 members (excludes halogenated alkanes) is 2. The number of rotatable bonds is 7. The minimum absolute atomic E-state index is 0.164. The van der Waals surface area contributed by atoms with Gasteiger partial charge in [0.15, 0.2) is 17.5 Å². The van der Waals surface area contributed by atoms with Crippen LogP contribution in [0.25, 0.3) is 11.1 Å². The van der Waals surface area contributed by atoms with E-state index < -0.39 is 40.6 Å². The molecule has 3 rings (SSSR count). The van der Waals surface area contributed by atoms with Gasteiger partial charge in [0.05, 0.1) is 0 Å². The lowest BCUT2D eigenvalue weighted by Crippen LogP contribution is -2.16. The highest BCUT2D eigenvalue weighted by atomic mass is 19.2. The third kappa shape index (κ3) is 4.91. The Labute approximate surface area is 178 Å². The summed E-state index contributed by atoms with van der Waals surface area (Å²) in [7, 11) is 0. The second kappa shape index (κ2) is 9.79. The van der Waals surface area contributed by atoms with Crippen LogP contribution in [0.3, 0.4) is 0 Å². The lowest BCUT2D eigenvalue weighted by Gasteiger charge is -2.30. The van der Waals surface area contributed by atoms with Crippen LogP contribution in [-0.2, 0) is 0 Å². The molecule has 0 atom stereocenters. The van der Waals surface area contributed by atoms with Gasteiger partial charge in [-0.3, -0.25) is 0 Å². The van der Waals surface area contributed by atoms with E-state index in [0.29, 0.717) is 30.9 Å². The maximum Gasteiger partial charge on any atom is 0.341 e. The van der Waals surface area contributed by atoms with Crippen molar-refractivity contribution >= 4 is 5.97 Å². The average Bonchev–Trinajstić information content (AvgIpc) is 2.71. The van der Waals surface area contributed by atoms with Crippen molar-refractivity contribution in [2.75, 3.05) is 0 Å². The van der Waals surface area contributed by atoms with Crippen LogP contribution in [0.1, 0.15) is 80.1 Å². The van der Waals surface area contributed by atoms with Crippen molar-refractivity contribution in [2.45, 2.75) is 64.2 Å². The van der Waals surface area contributed by atoms with Crippen molar-refractivity contribution < 1.29 is 31.9 Å². The molecule has 2 nitrogen and oxygen atoms in total. The highest BCUT2D eigenvalue weighted by Gasteiger charge is 2.31. The van der Waals surface area contributed by atoms with E-state index >= 15 is 4.39 Å². The van der Waals surface area contributed by atoms with Crippen molar-refractivity contribution in [3.8, 4) is 11.1 Å². The van der Waals surface area contributed by atoms with Gasteiger partial charge in [0.1, 0.15) is 17.2 Å². The predicted molar refractivity (Wildman–Crippen MR) is 107 cm³/mol. The first-order valence-corrected chi connectivity index (χ1v) is 10.6. The molecule has 0 heterocycles. The molecule has 0 unspecified atom stereocenters. The Balaban J connectivity index is 2.02. The zero-order valence-electron chi connectivity index (χ0n) is 17.3. The summed E-state index contributed by atoms with van der Waals surface area (Å²) in [6.45, 7) is 2.13. The fraction of sp³-hybridized carbons (Fsp3) is 0.458. The largest absolute Gasteiger partial charge is 0.477 e. The Kier molecular flexibility index (Phi) is 7.34. The van der Waals surface area contributed by atoms with E-state index in [1.807, 2.05) is 0 Å². The van der Waals surface area contributed by atoms with Crippen LogP contribution in [0.2, 0.25) is 0 Å². The minimum atomic E-state index is -1.83. The molecule has 0 radical (unpaired) electrons. The molecule has 31 heavy (non-hydrogen) atoms. The molecule has 0 amide bonds. The molecule has 2 aromatic rings. The molecule has 1 fully saturated rings. The lowest BCUT2D eigenvalue weighted by molar-refractivity contribution is 0.0686. The second-order valence-corrected chi connectivity index (χ2v) is 8.28. The maximum atomic E-state index is 15.2. The molecule has 0 aromatic heterocycles. The van der Waals surface area contributed by atoms with Gasteiger partial charge in [-0.05, 0) is 66.8 Å². The quantitative estimate of drug-likeness (QED) is 0.273. The summed E-state index contributed by atoms with van der Waals surface area (Å²) in [5, 5.41) is 9.22. The van der Waals surface area contributed by atoms with Gasteiger partial charge < -0.3 is 5.11 Å². The number of halogens is 5. The number of hydrogen-bond acceptors (Lipinski definition) is 1. The fourth-order valence-corrected chi connectivity index (χ4v) is 4.59. The van der Waals surface area contributed by atoms with Crippen molar-refractivity contribution in [3.05, 3.63) is 58.4 Å². The molecular formula is C24H25F5O2. The summed E-state index contributed by atoms with van der Waals surface area (Å²) in [6.07, 6.45) is 7.44. The third-order valence-corrected chi connectivity index (χ3v) is 6.24. The average molecular weight is 440 g/mol. The van der Waals surface area contributed by atoms with Gasteiger partial charge in [0.25, 0.3) is 0 Å². The lowest BCUT2D eigenvalue weighted by atomic mass is 9.75. The number of hydrogen-bond donors (Lipinski definition) is 1. The molecular weight excluding hydrogens is 415 g/mol. The van der Waals surface area contributed by atoms with Crippen LogP contribution in [0.4, 0.5) is 22.0 Å². The third-order valence-electron chi connectivity index (χ3n) is 6.24.